The van der Waals surface area contributed by atoms with E-state index in [1.807, 2.05) is 0 Å². The molecule has 2 aromatic heterocycles. The summed E-state index contributed by atoms with van der Waals surface area (Å²) in [5.41, 5.74) is -0.254. The monoisotopic (exact) mass is 269 g/mol. The molecular weight excluding hydrogens is 262 g/mol. The van der Waals surface area contributed by atoms with Crippen LogP contribution in [0.3, 0.4) is 0 Å². The third-order valence-corrected chi connectivity index (χ3v) is 2.18. The summed E-state index contributed by atoms with van der Waals surface area (Å²) in [4.78, 5) is 21.4. The minimum absolute atomic E-state index is 0.0347. The molecule has 0 spiro atoms. The van der Waals surface area contributed by atoms with Crippen LogP contribution in [-0.4, -0.2) is 29.7 Å². The molecule has 0 radical (unpaired) electrons. The van der Waals surface area contributed by atoms with E-state index in [1.54, 1.807) is 7.05 Å². The van der Waals surface area contributed by atoms with Crippen LogP contribution in [0.4, 0.5) is 11.5 Å². The third-order valence-electron chi connectivity index (χ3n) is 2.00. The van der Waals surface area contributed by atoms with Gasteiger partial charge in [-0.15, -0.1) is 0 Å². The summed E-state index contributed by atoms with van der Waals surface area (Å²) in [6.07, 6.45) is 2.57. The van der Waals surface area contributed by atoms with Crippen LogP contribution in [0.2, 0.25) is 5.28 Å². The van der Waals surface area contributed by atoms with Crippen LogP contribution in [0.5, 0.6) is 0 Å². The topological polar surface area (TPSA) is 112 Å². The van der Waals surface area contributed by atoms with Gasteiger partial charge in [-0.25, -0.2) is 9.97 Å². The van der Waals surface area contributed by atoms with Gasteiger partial charge in [-0.3, -0.25) is 14.8 Å². The van der Waals surface area contributed by atoms with Crippen LogP contribution in [0.1, 0.15) is 5.82 Å². The van der Waals surface area contributed by atoms with E-state index in [0.29, 0.717) is 5.82 Å². The maximum atomic E-state index is 10.8. The van der Waals surface area contributed by atoms with E-state index < -0.39 is 4.92 Å². The van der Waals surface area contributed by atoms with Gasteiger partial charge in [0.2, 0.25) is 11.1 Å². The largest absolute Gasteiger partial charge is 0.357 e. The molecule has 0 unspecified atom stereocenters. The molecule has 2 aromatic rings. The summed E-state index contributed by atoms with van der Waals surface area (Å²) in [5, 5.41) is 17.5. The first kappa shape index (κ1) is 12.2. The molecule has 94 valence electrons. The van der Waals surface area contributed by atoms with Gasteiger partial charge in [0.25, 0.3) is 0 Å². The number of aryl methyl sites for hydroxylation is 1. The number of hydrogen-bond acceptors (Lipinski definition) is 7. The fourth-order valence-corrected chi connectivity index (χ4v) is 1.38. The summed E-state index contributed by atoms with van der Waals surface area (Å²) >= 11 is 5.59. The Morgan fingerprint density at radius 2 is 2.33 bits per heavy atom. The summed E-state index contributed by atoms with van der Waals surface area (Å²) in [6.45, 7) is 0.203. The van der Waals surface area contributed by atoms with Gasteiger partial charge in [0.15, 0.2) is 5.82 Å². The average molecular weight is 270 g/mol. The van der Waals surface area contributed by atoms with Crippen molar-refractivity contribution in [2.45, 2.75) is 6.54 Å². The highest BCUT2D eigenvalue weighted by Crippen LogP contribution is 2.22. The highest BCUT2D eigenvalue weighted by atomic mass is 35.5. The van der Waals surface area contributed by atoms with Crippen molar-refractivity contribution < 1.29 is 4.92 Å². The van der Waals surface area contributed by atoms with Crippen molar-refractivity contribution in [3.05, 3.63) is 33.7 Å². The first-order valence-corrected chi connectivity index (χ1v) is 5.19. The zero-order valence-corrected chi connectivity index (χ0v) is 10.00. The maximum absolute atomic E-state index is 10.8. The van der Waals surface area contributed by atoms with E-state index in [9.17, 15) is 10.1 Å². The number of nitrogens with zero attached hydrogens (tertiary/aromatic N) is 6. The SMILES string of the molecule is Cn1cnc(CNc2nc(Cl)ncc2[N+](=O)[O-])n1. The molecule has 0 amide bonds. The molecule has 0 aliphatic carbocycles. The predicted molar refractivity (Wildman–Crippen MR) is 62.0 cm³/mol. The van der Waals surface area contributed by atoms with Gasteiger partial charge in [0, 0.05) is 7.05 Å². The Labute approximate surface area is 106 Å². The van der Waals surface area contributed by atoms with E-state index in [-0.39, 0.29) is 23.3 Å². The summed E-state index contributed by atoms with van der Waals surface area (Å²) in [6, 6.07) is 0. The van der Waals surface area contributed by atoms with Crippen LogP contribution in [0.25, 0.3) is 0 Å². The number of nitro groups is 1. The molecule has 0 saturated carbocycles. The fraction of sp³-hybridized carbons (Fsp3) is 0.250. The summed E-state index contributed by atoms with van der Waals surface area (Å²) in [5.74, 6) is 0.522. The van der Waals surface area contributed by atoms with E-state index in [2.05, 4.69) is 25.4 Å². The Hall–Kier alpha value is -2.29. The average Bonchev–Trinajstić information content (AvgIpc) is 2.72. The second kappa shape index (κ2) is 4.92. The van der Waals surface area contributed by atoms with Gasteiger partial charge < -0.3 is 5.32 Å². The fourth-order valence-electron chi connectivity index (χ4n) is 1.25. The van der Waals surface area contributed by atoms with Crippen LogP contribution < -0.4 is 5.32 Å². The van der Waals surface area contributed by atoms with Gasteiger partial charge >= 0.3 is 5.69 Å². The van der Waals surface area contributed by atoms with Crippen molar-refractivity contribution >= 4 is 23.1 Å². The van der Waals surface area contributed by atoms with Crippen molar-refractivity contribution in [2.24, 2.45) is 7.05 Å². The zero-order chi connectivity index (χ0) is 13.1. The molecule has 2 heterocycles. The van der Waals surface area contributed by atoms with Crippen molar-refractivity contribution in [1.29, 1.82) is 0 Å². The number of nitrogens with one attached hydrogen (secondary N) is 1. The van der Waals surface area contributed by atoms with Crippen molar-refractivity contribution in [2.75, 3.05) is 5.32 Å². The normalized spacial score (nSPS) is 10.3. The lowest BCUT2D eigenvalue weighted by Gasteiger charge is -2.03. The Balaban J connectivity index is 2.17. The van der Waals surface area contributed by atoms with Gasteiger partial charge in [0.05, 0.1) is 11.5 Å². The molecule has 9 nitrogen and oxygen atoms in total. The molecule has 0 aliphatic heterocycles. The van der Waals surface area contributed by atoms with Crippen LogP contribution in [-0.2, 0) is 13.6 Å². The quantitative estimate of drug-likeness (QED) is 0.496. The van der Waals surface area contributed by atoms with Gasteiger partial charge in [-0.2, -0.15) is 10.1 Å². The Morgan fingerprint density at radius 1 is 1.56 bits per heavy atom. The zero-order valence-electron chi connectivity index (χ0n) is 9.24. The van der Waals surface area contributed by atoms with Crippen molar-refractivity contribution in [1.82, 2.24) is 24.7 Å². The Morgan fingerprint density at radius 3 is 2.94 bits per heavy atom. The van der Waals surface area contributed by atoms with Crippen molar-refractivity contribution in [3.63, 3.8) is 0 Å². The Bertz CT molecular complexity index is 585. The lowest BCUT2D eigenvalue weighted by Crippen LogP contribution is -2.07. The molecule has 1 N–H and O–H groups in total. The minimum Gasteiger partial charge on any atom is -0.357 e. The van der Waals surface area contributed by atoms with Crippen LogP contribution >= 0.6 is 11.6 Å². The number of aromatic nitrogens is 5. The Kier molecular flexibility index (Phi) is 3.33. The van der Waals surface area contributed by atoms with Gasteiger partial charge in [-0.05, 0) is 11.6 Å². The molecule has 0 bridgehead atoms. The van der Waals surface area contributed by atoms with Crippen molar-refractivity contribution in [3.8, 4) is 0 Å². The molecule has 0 saturated heterocycles. The maximum Gasteiger partial charge on any atom is 0.329 e. The van der Waals surface area contributed by atoms with E-state index in [0.717, 1.165) is 6.20 Å². The first-order valence-electron chi connectivity index (χ1n) is 4.81. The van der Waals surface area contributed by atoms with E-state index in [4.69, 9.17) is 11.6 Å². The molecule has 10 heteroatoms. The second-order valence-corrected chi connectivity index (χ2v) is 3.66. The number of rotatable bonds is 4. The predicted octanol–water partition coefficient (Wildman–Crippen LogP) is 0.779. The molecule has 18 heavy (non-hydrogen) atoms. The molecule has 2 rings (SSSR count). The number of halogens is 1. The second-order valence-electron chi connectivity index (χ2n) is 3.32. The standard InChI is InChI=1S/C8H8ClN7O2/c1-15-4-12-6(14-15)3-10-7-5(16(17)18)2-11-8(9)13-7/h2,4H,3H2,1H3,(H,10,11,13). The highest BCUT2D eigenvalue weighted by molar-refractivity contribution is 6.28. The molecule has 0 atom stereocenters. The molecule has 0 fully saturated rings. The van der Waals surface area contributed by atoms with Crippen LogP contribution in [0.15, 0.2) is 12.5 Å². The minimum atomic E-state index is -0.593. The molecular formula is C8H8ClN7O2. The van der Waals surface area contributed by atoms with Gasteiger partial charge in [0.1, 0.15) is 12.5 Å². The lowest BCUT2D eigenvalue weighted by molar-refractivity contribution is -0.384. The van der Waals surface area contributed by atoms with Gasteiger partial charge in [-0.1, -0.05) is 0 Å². The first-order chi connectivity index (χ1) is 8.56. The highest BCUT2D eigenvalue weighted by Gasteiger charge is 2.16. The third kappa shape index (κ3) is 2.69. The van der Waals surface area contributed by atoms with E-state index >= 15 is 0 Å². The smallest absolute Gasteiger partial charge is 0.329 e. The summed E-state index contributed by atoms with van der Waals surface area (Å²) < 4.78 is 1.53. The van der Waals surface area contributed by atoms with Crippen LogP contribution in [0, 0.1) is 10.1 Å². The summed E-state index contributed by atoms with van der Waals surface area (Å²) in [7, 11) is 1.72. The molecule has 0 aromatic carbocycles. The van der Waals surface area contributed by atoms with E-state index in [1.165, 1.54) is 11.0 Å². The lowest BCUT2D eigenvalue weighted by atomic mass is 10.4. The number of hydrogen-bond donors (Lipinski definition) is 1. The number of anilines is 1. The molecule has 0 aliphatic rings.